The van der Waals surface area contributed by atoms with E-state index in [1.165, 1.54) is 57.8 Å². The van der Waals surface area contributed by atoms with Crippen LogP contribution in [-0.2, 0) is 23.7 Å². The summed E-state index contributed by atoms with van der Waals surface area (Å²) in [7, 11) is 0. The van der Waals surface area contributed by atoms with Gasteiger partial charge < -0.3 is 28.6 Å². The van der Waals surface area contributed by atoms with Gasteiger partial charge in [-0.3, -0.25) is 5.32 Å². The van der Waals surface area contributed by atoms with Gasteiger partial charge in [0.25, 0.3) is 0 Å². The third kappa shape index (κ3) is 8.89. The van der Waals surface area contributed by atoms with E-state index in [2.05, 4.69) is 17.1 Å². The van der Waals surface area contributed by atoms with Crippen LogP contribution in [0.15, 0.2) is 24.3 Å². The standard InChI is InChI=1S/C32H52N2O6/c1-5-6-7-8-9-10-11-15-22-36-24-32-29(39-31(3,4)40-32)28(27(38-32)23-34-20-13-12-14-21-34)37-30(35)33-26-18-16-25(2)17-19-26/h16-19,27-29H,5-15,20-24H2,1-4H3,(H,33,35)/t27-,28+,29-,32-/m0/s1. The van der Waals surface area contributed by atoms with E-state index < -0.39 is 29.9 Å². The summed E-state index contributed by atoms with van der Waals surface area (Å²) >= 11 is 0. The van der Waals surface area contributed by atoms with Crippen LogP contribution < -0.4 is 5.32 Å². The van der Waals surface area contributed by atoms with Crippen LogP contribution in [0.3, 0.4) is 0 Å². The number of benzene rings is 1. The minimum absolute atomic E-state index is 0.244. The molecule has 0 spiro atoms. The third-order valence-electron chi connectivity index (χ3n) is 8.15. The topological polar surface area (TPSA) is 78.5 Å². The number of fused-ring (bicyclic) bond motifs is 1. The first-order valence-corrected chi connectivity index (χ1v) is 15.7. The number of amides is 1. The zero-order valence-corrected chi connectivity index (χ0v) is 25.3. The molecule has 0 saturated carbocycles. The molecule has 3 saturated heterocycles. The van der Waals surface area contributed by atoms with Crippen molar-refractivity contribution in [2.24, 2.45) is 0 Å². The highest BCUT2D eigenvalue weighted by atomic mass is 16.9. The normalized spacial score (nSPS) is 27.9. The van der Waals surface area contributed by atoms with Crippen LogP contribution in [-0.4, -0.2) is 73.7 Å². The molecule has 1 amide bonds. The molecule has 1 aromatic rings. The summed E-state index contributed by atoms with van der Waals surface area (Å²) in [4.78, 5) is 15.5. The van der Waals surface area contributed by atoms with Crippen LogP contribution in [0, 0.1) is 6.92 Å². The summed E-state index contributed by atoms with van der Waals surface area (Å²) in [5.74, 6) is -1.99. The number of carbonyl (C=O) groups is 1. The van der Waals surface area contributed by atoms with Crippen LogP contribution in [0.4, 0.5) is 10.5 Å². The minimum Gasteiger partial charge on any atom is -0.440 e. The maximum atomic E-state index is 13.1. The number of carbonyl (C=O) groups excluding carboxylic acids is 1. The number of nitrogens with one attached hydrogen (secondary N) is 1. The predicted molar refractivity (Wildman–Crippen MR) is 156 cm³/mol. The number of aryl methyl sites for hydroxylation is 1. The van der Waals surface area contributed by atoms with Crippen LogP contribution in [0.1, 0.15) is 97.0 Å². The van der Waals surface area contributed by atoms with E-state index in [4.69, 9.17) is 23.7 Å². The maximum Gasteiger partial charge on any atom is 0.412 e. The highest BCUT2D eigenvalue weighted by Crippen LogP contribution is 2.47. The van der Waals surface area contributed by atoms with Crippen molar-refractivity contribution in [1.29, 1.82) is 0 Å². The molecule has 0 aromatic heterocycles. The molecule has 1 aromatic carbocycles. The molecule has 3 heterocycles. The largest absolute Gasteiger partial charge is 0.440 e. The third-order valence-corrected chi connectivity index (χ3v) is 8.15. The molecule has 8 nitrogen and oxygen atoms in total. The molecule has 0 aliphatic carbocycles. The highest BCUT2D eigenvalue weighted by molar-refractivity contribution is 5.84. The summed E-state index contributed by atoms with van der Waals surface area (Å²) in [6, 6.07) is 7.65. The summed E-state index contributed by atoms with van der Waals surface area (Å²) in [5, 5.41) is 2.86. The van der Waals surface area contributed by atoms with Gasteiger partial charge in [0.15, 0.2) is 18.0 Å². The van der Waals surface area contributed by atoms with Crippen molar-refractivity contribution in [3.05, 3.63) is 29.8 Å². The lowest BCUT2D eigenvalue weighted by atomic mass is 10.0. The van der Waals surface area contributed by atoms with E-state index in [-0.39, 0.29) is 12.7 Å². The zero-order valence-electron chi connectivity index (χ0n) is 25.3. The molecule has 3 aliphatic rings. The Bertz CT molecular complexity index is 903. The second kappa shape index (κ2) is 15.0. The van der Waals surface area contributed by atoms with E-state index in [9.17, 15) is 4.79 Å². The van der Waals surface area contributed by atoms with Gasteiger partial charge in [-0.05, 0) is 65.3 Å². The van der Waals surface area contributed by atoms with E-state index in [0.717, 1.165) is 31.5 Å². The van der Waals surface area contributed by atoms with Gasteiger partial charge >= 0.3 is 6.09 Å². The zero-order chi connectivity index (χ0) is 28.4. The van der Waals surface area contributed by atoms with Crippen LogP contribution >= 0.6 is 0 Å². The monoisotopic (exact) mass is 560 g/mol. The van der Waals surface area contributed by atoms with Gasteiger partial charge in [0, 0.05) is 18.8 Å². The first-order valence-electron chi connectivity index (χ1n) is 15.7. The van der Waals surface area contributed by atoms with Gasteiger partial charge in [-0.2, -0.15) is 0 Å². The van der Waals surface area contributed by atoms with E-state index in [1.807, 2.05) is 45.0 Å². The van der Waals surface area contributed by atoms with Gasteiger partial charge in [-0.1, -0.05) is 76.0 Å². The van der Waals surface area contributed by atoms with Crippen LogP contribution in [0.25, 0.3) is 0 Å². The van der Waals surface area contributed by atoms with Crippen molar-refractivity contribution in [2.75, 3.05) is 38.2 Å². The van der Waals surface area contributed by atoms with Gasteiger partial charge in [0.2, 0.25) is 5.79 Å². The van der Waals surface area contributed by atoms with Gasteiger partial charge in [0.1, 0.15) is 12.7 Å². The molecule has 3 aliphatic heterocycles. The second-order valence-corrected chi connectivity index (χ2v) is 12.3. The number of hydrogen-bond donors (Lipinski definition) is 1. The van der Waals surface area contributed by atoms with Crippen molar-refractivity contribution >= 4 is 11.8 Å². The summed E-state index contributed by atoms with van der Waals surface area (Å²) < 4.78 is 31.7. The Balaban J connectivity index is 1.37. The fourth-order valence-electron chi connectivity index (χ4n) is 6.10. The quantitative estimate of drug-likeness (QED) is 0.236. The summed E-state index contributed by atoms with van der Waals surface area (Å²) in [6.07, 6.45) is 11.5. The summed E-state index contributed by atoms with van der Waals surface area (Å²) in [6.45, 7) is 11.6. The minimum atomic E-state index is -1.11. The molecule has 0 bridgehead atoms. The molecular formula is C32H52N2O6. The number of ether oxygens (including phenoxy) is 5. The molecule has 226 valence electrons. The second-order valence-electron chi connectivity index (χ2n) is 12.3. The SMILES string of the molecule is CCCCCCCCCCOC[C@@]12O[C@@H](CN3CCCCC3)[C@@H](OC(=O)Nc3ccc(C)cc3)[C@@H]1OC(C)(C)O2. The Hall–Kier alpha value is -1.71. The van der Waals surface area contributed by atoms with Crippen molar-refractivity contribution in [2.45, 2.75) is 128 Å². The van der Waals surface area contributed by atoms with E-state index in [1.54, 1.807) is 0 Å². The lowest BCUT2D eigenvalue weighted by Crippen LogP contribution is -2.46. The highest BCUT2D eigenvalue weighted by Gasteiger charge is 2.66. The Kier molecular flexibility index (Phi) is 11.7. The number of nitrogens with zero attached hydrogens (tertiary/aromatic N) is 1. The molecule has 0 radical (unpaired) electrons. The smallest absolute Gasteiger partial charge is 0.412 e. The fraction of sp³-hybridized carbons (Fsp3) is 0.781. The molecule has 0 unspecified atom stereocenters. The average molecular weight is 561 g/mol. The van der Waals surface area contributed by atoms with Crippen LogP contribution in [0.2, 0.25) is 0 Å². The lowest BCUT2D eigenvalue weighted by molar-refractivity contribution is -0.279. The van der Waals surface area contributed by atoms with Crippen molar-refractivity contribution in [3.63, 3.8) is 0 Å². The molecule has 1 N–H and O–H groups in total. The number of rotatable bonds is 15. The van der Waals surface area contributed by atoms with Crippen molar-refractivity contribution < 1.29 is 28.5 Å². The first-order chi connectivity index (χ1) is 19.3. The lowest BCUT2D eigenvalue weighted by Gasteiger charge is -2.33. The van der Waals surface area contributed by atoms with Gasteiger partial charge in [-0.15, -0.1) is 0 Å². The number of piperidine rings is 1. The van der Waals surface area contributed by atoms with E-state index in [0.29, 0.717) is 18.8 Å². The number of anilines is 1. The fourth-order valence-corrected chi connectivity index (χ4v) is 6.10. The van der Waals surface area contributed by atoms with E-state index >= 15 is 0 Å². The predicted octanol–water partition coefficient (Wildman–Crippen LogP) is 6.80. The Morgan fingerprint density at radius 3 is 2.35 bits per heavy atom. The summed E-state index contributed by atoms with van der Waals surface area (Å²) in [5.41, 5.74) is 1.81. The Morgan fingerprint density at radius 2 is 1.65 bits per heavy atom. The molecule has 8 heteroatoms. The van der Waals surface area contributed by atoms with Gasteiger partial charge in [-0.25, -0.2) is 4.79 Å². The first kappa shape index (κ1) is 31.2. The number of hydrogen-bond acceptors (Lipinski definition) is 7. The van der Waals surface area contributed by atoms with Gasteiger partial charge in [0.05, 0.1) is 0 Å². The molecular weight excluding hydrogens is 508 g/mol. The Morgan fingerprint density at radius 1 is 0.975 bits per heavy atom. The Labute approximate surface area is 241 Å². The number of unbranched alkanes of at least 4 members (excludes halogenated alkanes) is 7. The molecule has 4 atom stereocenters. The molecule has 3 fully saturated rings. The average Bonchev–Trinajstić information content (AvgIpc) is 3.33. The maximum absolute atomic E-state index is 13.1. The molecule has 40 heavy (non-hydrogen) atoms. The molecule has 4 rings (SSSR count). The van der Waals surface area contributed by atoms with Crippen molar-refractivity contribution in [1.82, 2.24) is 4.90 Å². The number of likely N-dealkylation sites (tertiary alicyclic amines) is 1. The van der Waals surface area contributed by atoms with Crippen molar-refractivity contribution in [3.8, 4) is 0 Å². The van der Waals surface area contributed by atoms with Crippen LogP contribution in [0.5, 0.6) is 0 Å².